The average molecular weight is 256 g/mol. The van der Waals surface area contributed by atoms with Crippen molar-refractivity contribution in [3.05, 3.63) is 0 Å². The summed E-state index contributed by atoms with van der Waals surface area (Å²) < 4.78 is 5.75. The topological polar surface area (TPSA) is 24.5 Å². The van der Waals surface area contributed by atoms with E-state index in [1.165, 1.54) is 19.4 Å². The zero-order chi connectivity index (χ0) is 13.6. The summed E-state index contributed by atoms with van der Waals surface area (Å²) in [6.07, 6.45) is 2.86. The number of nitrogens with zero attached hydrogens (tertiary/aromatic N) is 1. The van der Waals surface area contributed by atoms with Gasteiger partial charge in [0, 0.05) is 18.1 Å². The molecule has 1 aliphatic rings. The van der Waals surface area contributed by atoms with E-state index in [-0.39, 0.29) is 0 Å². The first-order valence-electron chi connectivity index (χ1n) is 7.63. The first kappa shape index (κ1) is 15.9. The van der Waals surface area contributed by atoms with Gasteiger partial charge in [-0.25, -0.2) is 0 Å². The fourth-order valence-electron chi connectivity index (χ4n) is 2.83. The highest BCUT2D eigenvalue weighted by Gasteiger charge is 2.48. The van der Waals surface area contributed by atoms with E-state index in [1.54, 1.807) is 0 Å². The molecule has 3 nitrogen and oxygen atoms in total. The molecule has 0 aromatic heterocycles. The zero-order valence-corrected chi connectivity index (χ0v) is 13.0. The highest BCUT2D eigenvalue weighted by molar-refractivity contribution is 5.02. The van der Waals surface area contributed by atoms with Crippen LogP contribution < -0.4 is 5.32 Å². The predicted octanol–water partition coefficient (Wildman–Crippen LogP) is 2.51. The summed E-state index contributed by atoms with van der Waals surface area (Å²) in [4.78, 5) is 2.48. The summed E-state index contributed by atoms with van der Waals surface area (Å²) in [7, 11) is 0. The molecule has 108 valence electrons. The van der Waals surface area contributed by atoms with Gasteiger partial charge in [-0.05, 0) is 45.9 Å². The molecule has 1 aliphatic carbocycles. The lowest BCUT2D eigenvalue weighted by Gasteiger charge is -2.52. The second-order valence-electron chi connectivity index (χ2n) is 5.89. The molecule has 0 amide bonds. The number of hydrogen-bond donors (Lipinski definition) is 1. The number of rotatable bonds is 9. The fourth-order valence-corrected chi connectivity index (χ4v) is 2.83. The van der Waals surface area contributed by atoms with Gasteiger partial charge in [0.05, 0.1) is 6.10 Å². The molecule has 0 saturated heterocycles. The van der Waals surface area contributed by atoms with E-state index in [2.05, 4.69) is 44.8 Å². The van der Waals surface area contributed by atoms with Crippen molar-refractivity contribution in [2.24, 2.45) is 5.41 Å². The van der Waals surface area contributed by atoms with Crippen molar-refractivity contribution in [2.75, 3.05) is 32.8 Å². The number of hydrogen-bond acceptors (Lipinski definition) is 3. The van der Waals surface area contributed by atoms with E-state index >= 15 is 0 Å². The molecular weight excluding hydrogens is 224 g/mol. The van der Waals surface area contributed by atoms with E-state index in [1.807, 2.05) is 0 Å². The predicted molar refractivity (Wildman–Crippen MR) is 78.0 cm³/mol. The van der Waals surface area contributed by atoms with Crippen LogP contribution in [-0.4, -0.2) is 49.8 Å². The maximum absolute atomic E-state index is 5.75. The smallest absolute Gasteiger partial charge is 0.0655 e. The molecule has 2 atom stereocenters. The van der Waals surface area contributed by atoms with E-state index < -0.39 is 0 Å². The lowest BCUT2D eigenvalue weighted by atomic mass is 9.64. The van der Waals surface area contributed by atoms with Crippen LogP contribution in [0.2, 0.25) is 0 Å². The Kier molecular flexibility index (Phi) is 6.61. The van der Waals surface area contributed by atoms with Crippen molar-refractivity contribution in [3.63, 3.8) is 0 Å². The summed E-state index contributed by atoms with van der Waals surface area (Å²) in [6, 6.07) is 0.630. The molecule has 0 spiro atoms. The fraction of sp³-hybridized carbons (Fsp3) is 1.00. The van der Waals surface area contributed by atoms with Crippen LogP contribution in [0, 0.1) is 5.41 Å². The second-order valence-corrected chi connectivity index (χ2v) is 5.89. The summed E-state index contributed by atoms with van der Waals surface area (Å²) in [5.41, 5.74) is 0.297. The highest BCUT2D eigenvalue weighted by atomic mass is 16.5. The van der Waals surface area contributed by atoms with Gasteiger partial charge in [0.15, 0.2) is 0 Å². The number of ether oxygens (including phenoxy) is 1. The third-order valence-corrected chi connectivity index (χ3v) is 4.48. The van der Waals surface area contributed by atoms with Gasteiger partial charge >= 0.3 is 0 Å². The Morgan fingerprint density at radius 1 is 1.22 bits per heavy atom. The Morgan fingerprint density at radius 2 is 1.89 bits per heavy atom. The van der Waals surface area contributed by atoms with Crippen molar-refractivity contribution < 1.29 is 4.74 Å². The van der Waals surface area contributed by atoms with E-state index in [4.69, 9.17) is 4.74 Å². The molecule has 3 heteroatoms. The number of nitrogens with one attached hydrogen (secondary N) is 1. The van der Waals surface area contributed by atoms with E-state index in [0.29, 0.717) is 17.6 Å². The standard InChI is InChI=1S/C15H32N2O/c1-6-17(7-2)11-9-10-16-13-12-14(18-8-3)15(13,4)5/h13-14,16H,6-12H2,1-5H3. The van der Waals surface area contributed by atoms with Crippen LogP contribution in [0.1, 0.15) is 47.5 Å². The minimum atomic E-state index is 0.297. The van der Waals surface area contributed by atoms with Gasteiger partial charge in [-0.2, -0.15) is 0 Å². The third-order valence-electron chi connectivity index (χ3n) is 4.48. The zero-order valence-electron chi connectivity index (χ0n) is 13.0. The molecule has 0 aromatic carbocycles. The third kappa shape index (κ3) is 3.94. The lowest BCUT2D eigenvalue weighted by Crippen LogP contribution is -2.61. The minimum absolute atomic E-state index is 0.297. The van der Waals surface area contributed by atoms with E-state index in [9.17, 15) is 0 Å². The summed E-state index contributed by atoms with van der Waals surface area (Å²) in [5, 5.41) is 3.69. The summed E-state index contributed by atoms with van der Waals surface area (Å²) >= 11 is 0. The molecule has 1 N–H and O–H groups in total. The van der Waals surface area contributed by atoms with Crippen molar-refractivity contribution in [3.8, 4) is 0 Å². The Labute approximate surface area is 113 Å². The first-order valence-corrected chi connectivity index (χ1v) is 7.63. The maximum Gasteiger partial charge on any atom is 0.0655 e. The van der Waals surface area contributed by atoms with Gasteiger partial charge in [-0.15, -0.1) is 0 Å². The normalized spacial score (nSPS) is 26.3. The van der Waals surface area contributed by atoms with Gasteiger partial charge in [0.25, 0.3) is 0 Å². The lowest BCUT2D eigenvalue weighted by molar-refractivity contribution is -0.114. The largest absolute Gasteiger partial charge is 0.378 e. The minimum Gasteiger partial charge on any atom is -0.378 e. The molecule has 0 heterocycles. The molecular formula is C15H32N2O. The van der Waals surface area contributed by atoms with Gasteiger partial charge in [-0.1, -0.05) is 27.7 Å². The Hall–Kier alpha value is -0.120. The van der Waals surface area contributed by atoms with Crippen molar-refractivity contribution in [1.82, 2.24) is 10.2 Å². The van der Waals surface area contributed by atoms with Gasteiger partial charge in [0.1, 0.15) is 0 Å². The molecule has 18 heavy (non-hydrogen) atoms. The van der Waals surface area contributed by atoms with E-state index in [0.717, 1.165) is 26.2 Å². The molecule has 0 radical (unpaired) electrons. The van der Waals surface area contributed by atoms with Crippen LogP contribution in [0.4, 0.5) is 0 Å². The Balaban J connectivity index is 2.14. The van der Waals surface area contributed by atoms with Gasteiger partial charge < -0.3 is 15.0 Å². The SMILES string of the molecule is CCOC1CC(NCCCN(CC)CC)C1(C)C. The molecule has 1 rings (SSSR count). The molecule has 1 saturated carbocycles. The van der Waals surface area contributed by atoms with Crippen LogP contribution >= 0.6 is 0 Å². The first-order chi connectivity index (χ1) is 8.56. The van der Waals surface area contributed by atoms with Gasteiger partial charge in [0.2, 0.25) is 0 Å². The molecule has 1 fully saturated rings. The average Bonchev–Trinajstić information content (AvgIpc) is 2.36. The summed E-state index contributed by atoms with van der Waals surface area (Å²) in [6.45, 7) is 16.7. The van der Waals surface area contributed by atoms with Crippen LogP contribution in [0.3, 0.4) is 0 Å². The highest BCUT2D eigenvalue weighted by Crippen LogP contribution is 2.42. The molecule has 0 aromatic rings. The van der Waals surface area contributed by atoms with Crippen LogP contribution in [0.5, 0.6) is 0 Å². The van der Waals surface area contributed by atoms with Crippen molar-refractivity contribution in [1.29, 1.82) is 0 Å². The van der Waals surface area contributed by atoms with Crippen LogP contribution in [0.15, 0.2) is 0 Å². The van der Waals surface area contributed by atoms with Crippen molar-refractivity contribution >= 4 is 0 Å². The monoisotopic (exact) mass is 256 g/mol. The van der Waals surface area contributed by atoms with Crippen molar-refractivity contribution in [2.45, 2.75) is 59.6 Å². The van der Waals surface area contributed by atoms with Crippen LogP contribution in [-0.2, 0) is 4.74 Å². The quantitative estimate of drug-likeness (QED) is 0.642. The second kappa shape index (κ2) is 7.46. The molecule has 2 unspecified atom stereocenters. The summed E-state index contributed by atoms with van der Waals surface area (Å²) in [5.74, 6) is 0. The van der Waals surface area contributed by atoms with Crippen LogP contribution in [0.25, 0.3) is 0 Å². The Bertz CT molecular complexity index is 227. The molecule has 0 bridgehead atoms. The Morgan fingerprint density at radius 3 is 2.39 bits per heavy atom. The van der Waals surface area contributed by atoms with Gasteiger partial charge in [-0.3, -0.25) is 0 Å². The maximum atomic E-state index is 5.75. The molecule has 0 aliphatic heterocycles.